The number of rotatable bonds is 6. The van der Waals surface area contributed by atoms with E-state index in [1.165, 1.54) is 0 Å². The number of nitrogens with one attached hydrogen (secondary N) is 1. The molecule has 0 aromatic heterocycles. The average molecular weight is 231 g/mol. The molecular formula is C9H13NO6. The van der Waals surface area contributed by atoms with Crippen LogP contribution in [0.1, 0.15) is 13.3 Å². The molecule has 1 saturated heterocycles. The van der Waals surface area contributed by atoms with Crippen molar-refractivity contribution in [2.45, 2.75) is 25.6 Å². The molecule has 0 radical (unpaired) electrons. The number of carbonyl (C=O) groups is 3. The van der Waals surface area contributed by atoms with Crippen LogP contribution >= 0.6 is 0 Å². The summed E-state index contributed by atoms with van der Waals surface area (Å²) in [5, 5.41) is 10.7. The van der Waals surface area contributed by atoms with Crippen LogP contribution in [0.4, 0.5) is 0 Å². The number of hydrogen-bond acceptors (Lipinski definition) is 5. The Bertz CT molecular complexity index is 302. The molecule has 1 heterocycles. The van der Waals surface area contributed by atoms with Crippen molar-refractivity contribution in [1.29, 1.82) is 0 Å². The number of esters is 1. The summed E-state index contributed by atoms with van der Waals surface area (Å²) < 4.78 is 9.47. The first-order valence-electron chi connectivity index (χ1n) is 4.88. The number of carboxylic acid groups (broad SMARTS) is 1. The van der Waals surface area contributed by atoms with E-state index in [0.29, 0.717) is 0 Å². The Morgan fingerprint density at radius 1 is 1.38 bits per heavy atom. The zero-order valence-corrected chi connectivity index (χ0v) is 8.76. The Labute approximate surface area is 91.7 Å². The van der Waals surface area contributed by atoms with Gasteiger partial charge in [-0.1, -0.05) is 0 Å². The third-order valence-electron chi connectivity index (χ3n) is 1.91. The molecule has 2 N–H and O–H groups in total. The highest BCUT2D eigenvalue weighted by atomic mass is 16.6. The Balaban J connectivity index is 2.20. The predicted molar refractivity (Wildman–Crippen MR) is 50.6 cm³/mol. The molecule has 2 atom stereocenters. The topological polar surface area (TPSA) is 105 Å². The molecule has 0 saturated carbocycles. The molecule has 2 unspecified atom stereocenters. The summed E-state index contributed by atoms with van der Waals surface area (Å²) in [5.41, 5.74) is 0. The van der Waals surface area contributed by atoms with E-state index in [0.717, 1.165) is 0 Å². The summed E-state index contributed by atoms with van der Waals surface area (Å²) in [4.78, 5) is 32.5. The lowest BCUT2D eigenvalue weighted by molar-refractivity contribution is -0.144. The fourth-order valence-electron chi connectivity index (χ4n) is 1.11. The summed E-state index contributed by atoms with van der Waals surface area (Å²) in [6, 6.07) is 0. The lowest BCUT2D eigenvalue weighted by atomic mass is 10.3. The highest BCUT2D eigenvalue weighted by molar-refractivity contribution is 5.92. The maximum Gasteiger partial charge on any atom is 0.338 e. The minimum atomic E-state index is -1.00. The number of carboxylic acids is 1. The number of amides is 1. The predicted octanol–water partition coefficient (Wildman–Crippen LogP) is -1.09. The molecule has 16 heavy (non-hydrogen) atoms. The first-order chi connectivity index (χ1) is 7.56. The van der Waals surface area contributed by atoms with E-state index in [-0.39, 0.29) is 19.6 Å². The standard InChI is InChI=1S/C9H13NO6/c1-2-15-9(14)7-6(16-7)8(13)10-4-3-5(11)12/h6-7H,2-4H2,1H3,(H,10,13)(H,11,12). The van der Waals surface area contributed by atoms with Crippen LogP contribution < -0.4 is 5.32 Å². The van der Waals surface area contributed by atoms with Crippen molar-refractivity contribution in [1.82, 2.24) is 5.32 Å². The van der Waals surface area contributed by atoms with E-state index in [1.807, 2.05) is 0 Å². The van der Waals surface area contributed by atoms with Crippen molar-refractivity contribution >= 4 is 17.8 Å². The van der Waals surface area contributed by atoms with Crippen LogP contribution in [-0.2, 0) is 23.9 Å². The molecule has 0 aliphatic carbocycles. The van der Waals surface area contributed by atoms with Crippen molar-refractivity contribution in [3.8, 4) is 0 Å². The Morgan fingerprint density at radius 2 is 2.06 bits per heavy atom. The van der Waals surface area contributed by atoms with Crippen molar-refractivity contribution in [3.63, 3.8) is 0 Å². The molecule has 0 bridgehead atoms. The zero-order valence-electron chi connectivity index (χ0n) is 8.76. The molecule has 1 amide bonds. The zero-order chi connectivity index (χ0) is 12.1. The second-order valence-electron chi connectivity index (χ2n) is 3.16. The van der Waals surface area contributed by atoms with Crippen LogP contribution in [0, 0.1) is 0 Å². The van der Waals surface area contributed by atoms with Crippen LogP contribution in [0.15, 0.2) is 0 Å². The molecule has 90 valence electrons. The first-order valence-corrected chi connectivity index (χ1v) is 4.88. The minimum Gasteiger partial charge on any atom is -0.481 e. The Hall–Kier alpha value is -1.63. The van der Waals surface area contributed by atoms with Gasteiger partial charge in [0.25, 0.3) is 5.91 Å². The minimum absolute atomic E-state index is 0.0174. The van der Waals surface area contributed by atoms with Gasteiger partial charge in [-0.05, 0) is 6.92 Å². The fourth-order valence-corrected chi connectivity index (χ4v) is 1.11. The van der Waals surface area contributed by atoms with Gasteiger partial charge in [0.05, 0.1) is 13.0 Å². The molecule has 7 nitrogen and oxygen atoms in total. The van der Waals surface area contributed by atoms with Gasteiger partial charge >= 0.3 is 11.9 Å². The fraction of sp³-hybridized carbons (Fsp3) is 0.667. The second kappa shape index (κ2) is 5.45. The van der Waals surface area contributed by atoms with Crippen molar-refractivity contribution in [2.24, 2.45) is 0 Å². The monoisotopic (exact) mass is 231 g/mol. The van der Waals surface area contributed by atoms with Gasteiger partial charge in [-0.15, -0.1) is 0 Å². The highest BCUT2D eigenvalue weighted by Gasteiger charge is 2.51. The molecule has 7 heteroatoms. The largest absolute Gasteiger partial charge is 0.481 e. The Kier molecular flexibility index (Phi) is 4.24. The van der Waals surface area contributed by atoms with Crippen LogP contribution in [0.2, 0.25) is 0 Å². The normalized spacial score (nSPS) is 22.3. The van der Waals surface area contributed by atoms with E-state index in [4.69, 9.17) is 9.84 Å². The van der Waals surface area contributed by atoms with Crippen molar-refractivity contribution in [2.75, 3.05) is 13.2 Å². The lowest BCUT2D eigenvalue weighted by Gasteiger charge is -2.00. The Morgan fingerprint density at radius 3 is 2.62 bits per heavy atom. The van der Waals surface area contributed by atoms with Crippen LogP contribution in [0.25, 0.3) is 0 Å². The number of hydrogen-bond donors (Lipinski definition) is 2. The van der Waals surface area contributed by atoms with Gasteiger partial charge < -0.3 is 19.9 Å². The van der Waals surface area contributed by atoms with E-state index in [2.05, 4.69) is 10.1 Å². The van der Waals surface area contributed by atoms with E-state index in [9.17, 15) is 14.4 Å². The summed E-state index contributed by atoms with van der Waals surface area (Å²) in [5.74, 6) is -2.06. The first kappa shape index (κ1) is 12.4. The quantitative estimate of drug-likeness (QED) is 0.444. The number of carbonyl (C=O) groups excluding carboxylic acids is 2. The summed E-state index contributed by atoms with van der Waals surface area (Å²) in [6.45, 7) is 1.90. The molecular weight excluding hydrogens is 218 g/mol. The van der Waals surface area contributed by atoms with Crippen LogP contribution in [-0.4, -0.2) is 48.3 Å². The molecule has 1 aliphatic heterocycles. The molecule has 0 spiro atoms. The molecule has 1 fully saturated rings. The summed E-state index contributed by atoms with van der Waals surface area (Å²) >= 11 is 0. The maximum atomic E-state index is 11.3. The maximum absolute atomic E-state index is 11.3. The second-order valence-corrected chi connectivity index (χ2v) is 3.16. The molecule has 0 aromatic carbocycles. The van der Waals surface area contributed by atoms with E-state index < -0.39 is 30.1 Å². The van der Waals surface area contributed by atoms with E-state index >= 15 is 0 Å². The number of ether oxygens (including phenoxy) is 2. The van der Waals surface area contributed by atoms with Crippen molar-refractivity contribution in [3.05, 3.63) is 0 Å². The SMILES string of the molecule is CCOC(=O)C1OC1C(=O)NCCC(=O)O. The van der Waals surface area contributed by atoms with Gasteiger partial charge in [0.15, 0.2) is 12.2 Å². The van der Waals surface area contributed by atoms with Gasteiger partial charge in [0.1, 0.15) is 0 Å². The third-order valence-corrected chi connectivity index (χ3v) is 1.91. The van der Waals surface area contributed by atoms with Gasteiger partial charge in [-0.3, -0.25) is 9.59 Å². The van der Waals surface area contributed by atoms with Gasteiger partial charge in [-0.2, -0.15) is 0 Å². The van der Waals surface area contributed by atoms with Gasteiger partial charge in [0, 0.05) is 6.54 Å². The molecule has 1 aliphatic rings. The van der Waals surface area contributed by atoms with E-state index in [1.54, 1.807) is 6.92 Å². The highest BCUT2D eigenvalue weighted by Crippen LogP contribution is 2.23. The lowest BCUT2D eigenvalue weighted by Crippen LogP contribution is -2.32. The van der Waals surface area contributed by atoms with Crippen LogP contribution in [0.3, 0.4) is 0 Å². The van der Waals surface area contributed by atoms with Crippen molar-refractivity contribution < 1.29 is 29.0 Å². The third kappa shape index (κ3) is 3.50. The molecule has 0 aromatic rings. The van der Waals surface area contributed by atoms with Gasteiger partial charge in [0.2, 0.25) is 0 Å². The molecule has 1 rings (SSSR count). The number of aliphatic carboxylic acids is 1. The smallest absolute Gasteiger partial charge is 0.338 e. The number of epoxide rings is 1. The summed E-state index contributed by atoms with van der Waals surface area (Å²) in [6.07, 6.45) is -1.85. The average Bonchev–Trinajstić information content (AvgIpc) is 2.96. The van der Waals surface area contributed by atoms with Gasteiger partial charge in [-0.25, -0.2) is 4.79 Å². The summed E-state index contributed by atoms with van der Waals surface area (Å²) in [7, 11) is 0. The van der Waals surface area contributed by atoms with Crippen LogP contribution in [0.5, 0.6) is 0 Å².